The van der Waals surface area contributed by atoms with Gasteiger partial charge in [-0.2, -0.15) is 10.2 Å². The molecule has 0 aromatic heterocycles. The molecule has 0 N–H and O–H groups in total. The van der Waals surface area contributed by atoms with E-state index in [1.807, 2.05) is 0 Å². The number of benzene rings is 1. The van der Waals surface area contributed by atoms with E-state index in [9.17, 15) is 0 Å². The maximum Gasteiger partial charge on any atom is 0.0742 e. The van der Waals surface area contributed by atoms with Crippen molar-refractivity contribution in [3.05, 3.63) is 35.4 Å². The van der Waals surface area contributed by atoms with E-state index in [0.29, 0.717) is 17.8 Å². The fourth-order valence-electron chi connectivity index (χ4n) is 5.33. The molecule has 0 radical (unpaired) electrons. The van der Waals surface area contributed by atoms with E-state index >= 15 is 0 Å². The largest absolute Gasteiger partial charge is 0.160 e. The van der Waals surface area contributed by atoms with Crippen LogP contribution in [0.5, 0.6) is 0 Å². The van der Waals surface area contributed by atoms with Gasteiger partial charge in [0.25, 0.3) is 0 Å². The van der Waals surface area contributed by atoms with Crippen molar-refractivity contribution >= 4 is 11.4 Å². The molecule has 0 saturated heterocycles. The molecular weight excluding hydrogens is 316 g/mol. The van der Waals surface area contributed by atoms with Gasteiger partial charge in [-0.25, -0.2) is 0 Å². The summed E-state index contributed by atoms with van der Waals surface area (Å²) in [5.74, 6) is 4.09. The third-order valence-electron chi connectivity index (χ3n) is 6.31. The maximum atomic E-state index is 4.73. The minimum Gasteiger partial charge on any atom is -0.160 e. The second-order valence-corrected chi connectivity index (χ2v) is 9.37. The average Bonchev–Trinajstić information content (AvgIpc) is 2.94. The molecule has 1 fully saturated rings. The topological polar surface area (TPSA) is 24.7 Å². The molecule has 0 bridgehead atoms. The average molecular weight is 353 g/mol. The van der Waals surface area contributed by atoms with Crippen molar-refractivity contribution in [1.82, 2.24) is 0 Å². The summed E-state index contributed by atoms with van der Waals surface area (Å²) >= 11 is 0. The van der Waals surface area contributed by atoms with Crippen LogP contribution in [0.3, 0.4) is 0 Å². The van der Waals surface area contributed by atoms with Crippen LogP contribution >= 0.6 is 0 Å². The summed E-state index contributed by atoms with van der Waals surface area (Å²) in [7, 11) is 0. The number of fused-ring (bicyclic) bond motifs is 1. The molecule has 3 rings (SSSR count). The molecule has 4 unspecified atom stereocenters. The fourth-order valence-corrected chi connectivity index (χ4v) is 5.33. The lowest BCUT2D eigenvalue weighted by Crippen LogP contribution is -2.34. The highest BCUT2D eigenvalue weighted by molar-refractivity contribution is 6.07. The Labute approximate surface area is 160 Å². The number of nitrogens with zero attached hydrogens (tertiary/aromatic N) is 2. The van der Waals surface area contributed by atoms with E-state index in [-0.39, 0.29) is 0 Å². The summed E-state index contributed by atoms with van der Waals surface area (Å²) in [6.07, 6.45) is 5.03. The van der Waals surface area contributed by atoms with Gasteiger partial charge in [-0.1, -0.05) is 65.3 Å². The summed E-state index contributed by atoms with van der Waals surface area (Å²) in [6, 6.07) is 9.15. The molecule has 142 valence electrons. The quantitative estimate of drug-likeness (QED) is 0.567. The minimum atomic E-state index is 0.553. The summed E-state index contributed by atoms with van der Waals surface area (Å²) < 4.78 is 0. The van der Waals surface area contributed by atoms with Crippen LogP contribution in [0.1, 0.15) is 71.9 Å². The number of rotatable bonds is 6. The van der Waals surface area contributed by atoms with Crippen LogP contribution in [-0.4, -0.2) is 11.4 Å². The molecule has 2 nitrogen and oxygen atoms in total. The Balaban J connectivity index is 1.90. The zero-order chi connectivity index (χ0) is 18.8. The van der Waals surface area contributed by atoms with Gasteiger partial charge in [0.15, 0.2) is 0 Å². The molecule has 1 saturated carbocycles. The molecule has 1 heterocycles. The van der Waals surface area contributed by atoms with Crippen LogP contribution in [-0.2, 0) is 6.42 Å². The van der Waals surface area contributed by atoms with Crippen LogP contribution in [0.15, 0.2) is 34.5 Å². The van der Waals surface area contributed by atoms with Gasteiger partial charge in [-0.3, -0.25) is 0 Å². The molecule has 2 heteroatoms. The summed E-state index contributed by atoms with van der Waals surface area (Å²) in [4.78, 5) is 0. The molecule has 1 aromatic rings. The molecule has 1 aromatic carbocycles. The van der Waals surface area contributed by atoms with Gasteiger partial charge in [0.1, 0.15) is 0 Å². The second kappa shape index (κ2) is 8.06. The molecule has 1 aliphatic heterocycles. The number of hydrogen-bond acceptors (Lipinski definition) is 2. The van der Waals surface area contributed by atoms with Crippen LogP contribution in [0.4, 0.5) is 0 Å². The molecule has 2 aliphatic rings. The Bertz CT molecular complexity index is 666. The summed E-state index contributed by atoms with van der Waals surface area (Å²) in [6.45, 7) is 13.8. The zero-order valence-electron chi connectivity index (χ0n) is 17.5. The third-order valence-corrected chi connectivity index (χ3v) is 6.31. The molecule has 4 atom stereocenters. The molecule has 0 amide bonds. The van der Waals surface area contributed by atoms with Gasteiger partial charge >= 0.3 is 0 Å². The first-order chi connectivity index (χ1) is 12.4. The lowest BCUT2D eigenvalue weighted by Gasteiger charge is -2.31. The monoisotopic (exact) mass is 352 g/mol. The zero-order valence-corrected chi connectivity index (χ0v) is 17.5. The Hall–Kier alpha value is -1.44. The van der Waals surface area contributed by atoms with Crippen LogP contribution in [0.25, 0.3) is 0 Å². The van der Waals surface area contributed by atoms with Crippen LogP contribution in [0, 0.1) is 35.5 Å². The highest BCUT2D eigenvalue weighted by Crippen LogP contribution is 2.49. The second-order valence-electron chi connectivity index (χ2n) is 9.37. The van der Waals surface area contributed by atoms with Crippen molar-refractivity contribution in [2.45, 2.75) is 67.2 Å². The van der Waals surface area contributed by atoms with Gasteiger partial charge in [-0.15, -0.1) is 0 Å². The smallest absolute Gasteiger partial charge is 0.0742 e. The normalized spacial score (nSPS) is 28.3. The fraction of sp³-hybridized carbons (Fsp3) is 0.667. The lowest BCUT2D eigenvalue weighted by molar-refractivity contribution is 0.366. The predicted molar refractivity (Wildman–Crippen MR) is 113 cm³/mol. The van der Waals surface area contributed by atoms with E-state index in [1.165, 1.54) is 41.8 Å². The molecule has 0 spiro atoms. The van der Waals surface area contributed by atoms with Crippen molar-refractivity contribution < 1.29 is 0 Å². The van der Waals surface area contributed by atoms with E-state index in [2.05, 4.69) is 70.9 Å². The minimum absolute atomic E-state index is 0.553. The van der Waals surface area contributed by atoms with E-state index < -0.39 is 0 Å². The van der Waals surface area contributed by atoms with E-state index in [0.717, 1.165) is 24.2 Å². The third kappa shape index (κ3) is 3.94. The number of hydrogen-bond donors (Lipinski definition) is 0. The summed E-state index contributed by atoms with van der Waals surface area (Å²) in [5, 5.41) is 9.36. The van der Waals surface area contributed by atoms with Gasteiger partial charge in [0.05, 0.1) is 5.71 Å². The van der Waals surface area contributed by atoms with Crippen molar-refractivity contribution in [1.29, 1.82) is 0 Å². The predicted octanol–water partition coefficient (Wildman–Crippen LogP) is 6.39. The summed E-state index contributed by atoms with van der Waals surface area (Å²) in [5.41, 5.74) is 5.21. The Morgan fingerprint density at radius 1 is 0.923 bits per heavy atom. The Morgan fingerprint density at radius 2 is 1.62 bits per heavy atom. The van der Waals surface area contributed by atoms with Gasteiger partial charge < -0.3 is 0 Å². The van der Waals surface area contributed by atoms with Gasteiger partial charge in [0, 0.05) is 17.5 Å². The first kappa shape index (κ1) is 19.3. The first-order valence-electron chi connectivity index (χ1n) is 10.6. The SMILES string of the molecule is CCC1CC(CC(C)C)C2C(C)=NN=C(c3ccc(CC(C)C)cc3)C12. The highest BCUT2D eigenvalue weighted by atomic mass is 15.2. The van der Waals surface area contributed by atoms with E-state index in [4.69, 9.17) is 5.10 Å². The van der Waals surface area contributed by atoms with Crippen molar-refractivity contribution in [2.75, 3.05) is 0 Å². The standard InChI is InChI=1S/C24H36N2/c1-7-19-14-21(13-16(4)5)22-17(6)25-26-24(23(19)22)20-10-8-18(9-11-20)12-15(2)3/h8-11,15-16,19,21-23H,7,12-14H2,1-6H3. The van der Waals surface area contributed by atoms with Crippen molar-refractivity contribution in [3.8, 4) is 0 Å². The Morgan fingerprint density at radius 3 is 2.19 bits per heavy atom. The van der Waals surface area contributed by atoms with Gasteiger partial charge in [0.2, 0.25) is 0 Å². The lowest BCUT2D eigenvalue weighted by atomic mass is 9.76. The van der Waals surface area contributed by atoms with Crippen LogP contribution < -0.4 is 0 Å². The van der Waals surface area contributed by atoms with E-state index in [1.54, 1.807) is 0 Å². The van der Waals surface area contributed by atoms with Gasteiger partial charge in [-0.05, 0) is 61.0 Å². The van der Waals surface area contributed by atoms with Crippen molar-refractivity contribution in [3.63, 3.8) is 0 Å². The first-order valence-corrected chi connectivity index (χ1v) is 10.6. The maximum absolute atomic E-state index is 4.73. The molecule has 26 heavy (non-hydrogen) atoms. The highest BCUT2D eigenvalue weighted by Gasteiger charge is 2.47. The molecule has 1 aliphatic carbocycles. The van der Waals surface area contributed by atoms with Crippen molar-refractivity contribution in [2.24, 2.45) is 45.7 Å². The molecular formula is C24H36N2. The van der Waals surface area contributed by atoms with Crippen LogP contribution in [0.2, 0.25) is 0 Å². The Kier molecular flexibility index (Phi) is 5.99.